The predicted molar refractivity (Wildman–Crippen MR) is 136 cm³/mol. The summed E-state index contributed by atoms with van der Waals surface area (Å²) in [5, 5.41) is 7.35. The third-order valence-electron chi connectivity index (χ3n) is 5.49. The van der Waals surface area contributed by atoms with Crippen molar-refractivity contribution in [2.45, 2.75) is 13.1 Å². The summed E-state index contributed by atoms with van der Waals surface area (Å²) < 4.78 is 0. The van der Waals surface area contributed by atoms with Crippen molar-refractivity contribution in [1.29, 1.82) is 0 Å². The van der Waals surface area contributed by atoms with Gasteiger partial charge in [0.1, 0.15) is 0 Å². The highest BCUT2D eigenvalue weighted by molar-refractivity contribution is 6.04. The molecule has 0 bridgehead atoms. The minimum atomic E-state index is 0.319. The second-order valence-electron chi connectivity index (χ2n) is 7.65. The molecule has 0 aliphatic rings. The fourth-order valence-corrected chi connectivity index (χ4v) is 3.90. The number of benzene rings is 4. The normalized spacial score (nSPS) is 11.1. The summed E-state index contributed by atoms with van der Waals surface area (Å²) in [6.45, 7) is 0.638. The van der Waals surface area contributed by atoms with Crippen molar-refractivity contribution >= 4 is 11.1 Å². The molecule has 6 heteroatoms. The average Bonchev–Trinajstić information content (AvgIpc) is 2.91. The van der Waals surface area contributed by atoms with Gasteiger partial charge in [0.15, 0.2) is 0 Å². The first-order valence-electron chi connectivity index (χ1n) is 10.9. The molecule has 0 saturated carbocycles. The van der Waals surface area contributed by atoms with Crippen LogP contribution in [0.15, 0.2) is 119 Å². The van der Waals surface area contributed by atoms with Gasteiger partial charge < -0.3 is 0 Å². The molecule has 0 radical (unpaired) electrons. The van der Waals surface area contributed by atoms with Crippen molar-refractivity contribution < 1.29 is 0 Å². The highest BCUT2D eigenvalue weighted by Gasteiger charge is 2.16. The Balaban J connectivity index is 1.95. The Labute approximate surface area is 198 Å². The molecular formula is C28H22N6. The first-order chi connectivity index (χ1) is 16.8. The second kappa shape index (κ2) is 11.2. The molecule has 0 fully saturated rings. The fraction of sp³-hybridized carbons (Fsp3) is 0.0714. The molecule has 0 aliphatic heterocycles. The fourth-order valence-electron chi connectivity index (χ4n) is 3.90. The van der Waals surface area contributed by atoms with Gasteiger partial charge in [0.25, 0.3) is 0 Å². The summed E-state index contributed by atoms with van der Waals surface area (Å²) in [6, 6.07) is 36.9. The van der Waals surface area contributed by atoms with Gasteiger partial charge in [-0.15, -0.1) is 0 Å². The molecule has 4 aromatic rings. The van der Waals surface area contributed by atoms with E-state index in [1.807, 2.05) is 60.7 Å². The van der Waals surface area contributed by atoms with Crippen molar-refractivity contribution in [2.75, 3.05) is 0 Å². The van der Waals surface area contributed by atoms with Crippen LogP contribution >= 0.6 is 0 Å². The zero-order chi connectivity index (χ0) is 23.6. The van der Waals surface area contributed by atoms with Crippen molar-refractivity contribution in [3.63, 3.8) is 0 Å². The number of hydrogen-bond acceptors (Lipinski definition) is 2. The lowest BCUT2D eigenvalue weighted by atomic mass is 9.85. The predicted octanol–water partition coefficient (Wildman–Crippen LogP) is 8.31. The van der Waals surface area contributed by atoms with E-state index in [9.17, 15) is 0 Å². The average molecular weight is 443 g/mol. The molecule has 0 aliphatic carbocycles. The van der Waals surface area contributed by atoms with E-state index in [0.717, 1.165) is 44.5 Å². The van der Waals surface area contributed by atoms with Crippen LogP contribution in [-0.4, -0.2) is 0 Å². The molecule has 164 valence electrons. The van der Waals surface area contributed by atoms with E-state index in [1.54, 1.807) is 0 Å². The lowest BCUT2D eigenvalue weighted by Crippen LogP contribution is -1.98. The number of rotatable bonds is 8. The van der Waals surface area contributed by atoms with Crippen LogP contribution in [0.4, 0.5) is 0 Å². The Morgan fingerprint density at radius 1 is 0.471 bits per heavy atom. The van der Waals surface area contributed by atoms with E-state index in [1.165, 1.54) is 0 Å². The van der Waals surface area contributed by atoms with Gasteiger partial charge in [0.05, 0.1) is 13.1 Å². The van der Waals surface area contributed by atoms with E-state index in [4.69, 9.17) is 11.1 Å². The summed E-state index contributed by atoms with van der Waals surface area (Å²) >= 11 is 0. The number of hydrogen-bond donors (Lipinski definition) is 0. The van der Waals surface area contributed by atoms with Crippen molar-refractivity contribution in [2.24, 2.45) is 10.2 Å². The van der Waals surface area contributed by atoms with Gasteiger partial charge in [0, 0.05) is 9.82 Å². The number of nitrogens with zero attached hydrogens (tertiary/aromatic N) is 6. The maximum Gasteiger partial charge on any atom is 0.0510 e. The summed E-state index contributed by atoms with van der Waals surface area (Å²) in [5.41, 5.74) is 25.7. The van der Waals surface area contributed by atoms with Gasteiger partial charge in [-0.2, -0.15) is 0 Å². The lowest BCUT2D eigenvalue weighted by molar-refractivity contribution is 1.05. The molecule has 0 heterocycles. The highest BCUT2D eigenvalue weighted by atomic mass is 15.1. The molecule has 0 amide bonds. The third-order valence-corrected chi connectivity index (χ3v) is 5.49. The van der Waals surface area contributed by atoms with Gasteiger partial charge in [0.2, 0.25) is 0 Å². The molecule has 0 unspecified atom stereocenters. The summed E-state index contributed by atoms with van der Waals surface area (Å²) in [5.74, 6) is 0. The van der Waals surface area contributed by atoms with Crippen LogP contribution in [0.5, 0.6) is 0 Å². The van der Waals surface area contributed by atoms with Crippen LogP contribution in [-0.2, 0) is 13.1 Å². The van der Waals surface area contributed by atoms with Gasteiger partial charge in [-0.05, 0) is 55.6 Å². The molecule has 0 N–H and O–H groups in total. The van der Waals surface area contributed by atoms with Crippen LogP contribution in [0.25, 0.3) is 32.0 Å². The van der Waals surface area contributed by atoms with E-state index >= 15 is 0 Å². The highest BCUT2D eigenvalue weighted by Crippen LogP contribution is 2.37. The maximum absolute atomic E-state index is 8.64. The minimum Gasteiger partial charge on any atom is -0.0893 e. The quantitative estimate of drug-likeness (QED) is 0.113. The first-order valence-corrected chi connectivity index (χ1v) is 10.9. The molecule has 4 aromatic carbocycles. The van der Waals surface area contributed by atoms with E-state index in [-0.39, 0.29) is 0 Å². The molecular weight excluding hydrogens is 420 g/mol. The first kappa shape index (κ1) is 22.4. The van der Waals surface area contributed by atoms with Crippen LogP contribution in [0.1, 0.15) is 33.4 Å². The molecule has 0 aromatic heterocycles. The van der Waals surface area contributed by atoms with Crippen molar-refractivity contribution in [3.05, 3.63) is 163 Å². The standard InChI is InChI=1S/C28H22N6/c29-33-31-19-21-11-15-25(16-12-21)27(23-7-3-1-4-8-23)28(24-9-5-2-6-10-24)26-17-13-22(14-18-26)20-32-34-30/h1-18H,19-20H2/b28-27+. The smallest absolute Gasteiger partial charge is 0.0510 e. The third kappa shape index (κ3) is 5.34. The van der Waals surface area contributed by atoms with Crippen molar-refractivity contribution in [1.82, 2.24) is 0 Å². The maximum atomic E-state index is 8.64. The zero-order valence-electron chi connectivity index (χ0n) is 18.5. The molecule has 0 atom stereocenters. The summed E-state index contributed by atoms with van der Waals surface area (Å²) in [7, 11) is 0. The monoisotopic (exact) mass is 442 g/mol. The Morgan fingerprint density at radius 2 is 0.794 bits per heavy atom. The Kier molecular flexibility index (Phi) is 7.40. The summed E-state index contributed by atoms with van der Waals surface area (Å²) in [4.78, 5) is 5.72. The Bertz CT molecular complexity index is 1250. The molecule has 0 spiro atoms. The molecule has 4 rings (SSSR count). The van der Waals surface area contributed by atoms with E-state index < -0.39 is 0 Å². The summed E-state index contributed by atoms with van der Waals surface area (Å²) in [6.07, 6.45) is 0. The zero-order valence-corrected chi connectivity index (χ0v) is 18.5. The van der Waals surface area contributed by atoms with E-state index in [0.29, 0.717) is 13.1 Å². The van der Waals surface area contributed by atoms with Crippen LogP contribution in [0, 0.1) is 0 Å². The molecule has 6 nitrogen and oxygen atoms in total. The van der Waals surface area contributed by atoms with Crippen molar-refractivity contribution in [3.8, 4) is 0 Å². The topological polar surface area (TPSA) is 97.5 Å². The number of azide groups is 2. The van der Waals surface area contributed by atoms with Crippen LogP contribution in [0.2, 0.25) is 0 Å². The SMILES string of the molecule is [N-]=[N+]=NCc1ccc(/C(=C(\c2ccccc2)c2ccc(CN=[N+]=[N-])cc2)c2ccccc2)cc1. The van der Waals surface area contributed by atoms with Crippen LogP contribution in [0.3, 0.4) is 0 Å². The van der Waals surface area contributed by atoms with Gasteiger partial charge in [-0.3, -0.25) is 0 Å². The Hall–Kier alpha value is -4.76. The van der Waals surface area contributed by atoms with Gasteiger partial charge >= 0.3 is 0 Å². The molecule has 0 saturated heterocycles. The van der Waals surface area contributed by atoms with Crippen LogP contribution < -0.4 is 0 Å². The largest absolute Gasteiger partial charge is 0.0893 e. The molecule has 34 heavy (non-hydrogen) atoms. The minimum absolute atomic E-state index is 0.319. The van der Waals surface area contributed by atoms with Gasteiger partial charge in [-0.1, -0.05) is 119 Å². The van der Waals surface area contributed by atoms with E-state index in [2.05, 4.69) is 68.6 Å². The Morgan fingerprint density at radius 3 is 1.12 bits per heavy atom. The van der Waals surface area contributed by atoms with Gasteiger partial charge in [-0.25, -0.2) is 0 Å². The lowest BCUT2D eigenvalue weighted by Gasteiger charge is -2.18. The second-order valence-corrected chi connectivity index (χ2v) is 7.65.